The number of carbonyl (C=O) groups is 4. The zero-order chi connectivity index (χ0) is 24.2. The minimum atomic E-state index is -0.645. The molecule has 0 bridgehead atoms. The van der Waals surface area contributed by atoms with Gasteiger partial charge in [0.1, 0.15) is 37.7 Å². The van der Waals surface area contributed by atoms with Crippen molar-refractivity contribution in [3.8, 4) is 0 Å². The zero-order valence-electron chi connectivity index (χ0n) is 18.2. The molecule has 0 aliphatic rings. The molecule has 9 heteroatoms. The number of rotatable bonds is 10. The number of esters is 2. The fraction of sp³-hybridized carbons (Fsp3) is 0.160. The van der Waals surface area contributed by atoms with Crippen molar-refractivity contribution in [2.45, 2.75) is 13.2 Å². The highest BCUT2D eigenvalue weighted by Crippen LogP contribution is 2.03. The highest BCUT2D eigenvalue weighted by molar-refractivity contribution is 5.97. The predicted molar refractivity (Wildman–Crippen MR) is 121 cm³/mol. The third-order valence-electron chi connectivity index (χ3n) is 4.49. The van der Waals surface area contributed by atoms with Crippen molar-refractivity contribution in [1.82, 2.24) is 15.6 Å². The molecule has 0 spiro atoms. The Hall–Kier alpha value is -4.53. The van der Waals surface area contributed by atoms with Gasteiger partial charge >= 0.3 is 11.9 Å². The Morgan fingerprint density at radius 2 is 1.00 bits per heavy atom. The number of pyridine rings is 1. The molecule has 3 aromatic rings. The van der Waals surface area contributed by atoms with E-state index in [9.17, 15) is 19.2 Å². The molecule has 2 aromatic carbocycles. The van der Waals surface area contributed by atoms with Gasteiger partial charge in [0, 0.05) is 0 Å². The topological polar surface area (TPSA) is 124 Å². The lowest BCUT2D eigenvalue weighted by molar-refractivity contribution is -0.144. The molecule has 0 fully saturated rings. The molecule has 0 aliphatic heterocycles. The molecule has 0 atom stereocenters. The molecule has 0 saturated carbocycles. The molecular formula is C25H23N3O6. The van der Waals surface area contributed by atoms with E-state index in [2.05, 4.69) is 15.6 Å². The first-order chi connectivity index (χ1) is 16.5. The van der Waals surface area contributed by atoms with Crippen LogP contribution in [0.3, 0.4) is 0 Å². The molecule has 174 valence electrons. The number of amides is 2. The van der Waals surface area contributed by atoms with Gasteiger partial charge in [-0.05, 0) is 23.3 Å². The van der Waals surface area contributed by atoms with Gasteiger partial charge in [0.15, 0.2) is 0 Å². The Balaban J connectivity index is 1.42. The van der Waals surface area contributed by atoms with Gasteiger partial charge in [0.2, 0.25) is 0 Å². The van der Waals surface area contributed by atoms with E-state index in [0.29, 0.717) is 0 Å². The number of nitrogens with one attached hydrogen (secondary N) is 2. The molecule has 1 aromatic heterocycles. The second-order valence-corrected chi connectivity index (χ2v) is 7.07. The van der Waals surface area contributed by atoms with Crippen LogP contribution < -0.4 is 10.6 Å². The van der Waals surface area contributed by atoms with Crippen LogP contribution in [0, 0.1) is 0 Å². The van der Waals surface area contributed by atoms with Gasteiger partial charge < -0.3 is 20.1 Å². The van der Waals surface area contributed by atoms with Crippen LogP contribution in [0.15, 0.2) is 78.9 Å². The predicted octanol–water partition coefficient (Wildman–Crippen LogP) is 2.03. The molecule has 0 radical (unpaired) electrons. The van der Waals surface area contributed by atoms with Gasteiger partial charge in [-0.15, -0.1) is 0 Å². The quantitative estimate of drug-likeness (QED) is 0.443. The molecule has 34 heavy (non-hydrogen) atoms. The summed E-state index contributed by atoms with van der Waals surface area (Å²) in [5, 5.41) is 4.80. The molecule has 2 amide bonds. The van der Waals surface area contributed by atoms with Crippen LogP contribution in [0.5, 0.6) is 0 Å². The summed E-state index contributed by atoms with van der Waals surface area (Å²) in [7, 11) is 0. The van der Waals surface area contributed by atoms with Gasteiger partial charge in [-0.1, -0.05) is 66.7 Å². The number of carbonyl (C=O) groups excluding carboxylic acids is 4. The minimum absolute atomic E-state index is 0.0600. The summed E-state index contributed by atoms with van der Waals surface area (Å²) in [5.74, 6) is -2.51. The van der Waals surface area contributed by atoms with E-state index in [-0.39, 0.29) is 37.7 Å². The maximum atomic E-state index is 12.3. The minimum Gasteiger partial charge on any atom is -0.460 e. The Kier molecular flexibility index (Phi) is 8.86. The Labute approximate surface area is 196 Å². The molecule has 0 aliphatic carbocycles. The second kappa shape index (κ2) is 12.5. The molecule has 3 rings (SSSR count). The van der Waals surface area contributed by atoms with Gasteiger partial charge in [-0.25, -0.2) is 4.98 Å². The van der Waals surface area contributed by atoms with Crippen molar-refractivity contribution in [2.24, 2.45) is 0 Å². The van der Waals surface area contributed by atoms with E-state index in [1.54, 1.807) is 0 Å². The SMILES string of the molecule is O=C(CNC(=O)c1cccc(C(=O)NCC(=O)OCc2ccccc2)n1)OCc1ccccc1. The number of ether oxygens (including phenoxy) is 2. The summed E-state index contributed by atoms with van der Waals surface area (Å²) in [5.41, 5.74) is 1.53. The number of hydrogen-bond acceptors (Lipinski definition) is 7. The average molecular weight is 461 g/mol. The lowest BCUT2D eigenvalue weighted by atomic mass is 10.2. The summed E-state index contributed by atoms with van der Waals surface area (Å²) in [6.45, 7) is -0.511. The first-order valence-electron chi connectivity index (χ1n) is 10.4. The number of aromatic nitrogens is 1. The number of nitrogens with zero attached hydrogens (tertiary/aromatic N) is 1. The van der Waals surface area contributed by atoms with E-state index >= 15 is 0 Å². The molecule has 0 unspecified atom stereocenters. The van der Waals surface area contributed by atoms with E-state index in [1.807, 2.05) is 60.7 Å². The first kappa shape index (κ1) is 24.1. The standard InChI is InChI=1S/C25H23N3O6/c29-22(33-16-18-8-3-1-4-9-18)14-26-24(31)20-12-7-13-21(28-20)25(32)27-15-23(30)34-17-19-10-5-2-6-11-19/h1-13H,14-17H2,(H,26,31)(H,27,32). The van der Waals surface area contributed by atoms with Crippen LogP contribution in [0.4, 0.5) is 0 Å². The van der Waals surface area contributed by atoms with Crippen molar-refractivity contribution >= 4 is 23.8 Å². The van der Waals surface area contributed by atoms with Crippen LogP contribution in [0.1, 0.15) is 32.1 Å². The van der Waals surface area contributed by atoms with E-state index in [1.165, 1.54) is 18.2 Å². The maximum Gasteiger partial charge on any atom is 0.325 e. The summed E-state index contributed by atoms with van der Waals surface area (Å²) in [6.07, 6.45) is 0. The maximum absolute atomic E-state index is 12.3. The lowest BCUT2D eigenvalue weighted by Gasteiger charge is -2.08. The fourth-order valence-electron chi connectivity index (χ4n) is 2.75. The van der Waals surface area contributed by atoms with E-state index in [4.69, 9.17) is 9.47 Å². The summed E-state index contributed by atoms with van der Waals surface area (Å²) in [4.78, 5) is 52.3. The van der Waals surface area contributed by atoms with Gasteiger partial charge in [-0.3, -0.25) is 19.2 Å². The second-order valence-electron chi connectivity index (χ2n) is 7.07. The molecule has 0 saturated heterocycles. The number of benzene rings is 2. The van der Waals surface area contributed by atoms with Crippen LogP contribution in [-0.4, -0.2) is 41.8 Å². The van der Waals surface area contributed by atoms with Gasteiger partial charge in [-0.2, -0.15) is 0 Å². The van der Waals surface area contributed by atoms with Crippen LogP contribution in [-0.2, 0) is 32.3 Å². The zero-order valence-corrected chi connectivity index (χ0v) is 18.2. The third kappa shape index (κ3) is 7.86. The van der Waals surface area contributed by atoms with Gasteiger partial charge in [0.25, 0.3) is 11.8 Å². The Morgan fingerprint density at radius 3 is 1.41 bits per heavy atom. The third-order valence-corrected chi connectivity index (χ3v) is 4.49. The fourth-order valence-corrected chi connectivity index (χ4v) is 2.75. The largest absolute Gasteiger partial charge is 0.460 e. The van der Waals surface area contributed by atoms with Crippen LogP contribution in [0.2, 0.25) is 0 Å². The average Bonchev–Trinajstić information content (AvgIpc) is 2.89. The smallest absolute Gasteiger partial charge is 0.325 e. The summed E-state index contributed by atoms with van der Waals surface area (Å²) >= 11 is 0. The van der Waals surface area contributed by atoms with Crippen LogP contribution in [0.25, 0.3) is 0 Å². The van der Waals surface area contributed by atoms with Crippen molar-refractivity contribution in [3.63, 3.8) is 0 Å². The van der Waals surface area contributed by atoms with Crippen LogP contribution >= 0.6 is 0 Å². The van der Waals surface area contributed by atoms with E-state index in [0.717, 1.165) is 11.1 Å². The van der Waals surface area contributed by atoms with Crippen molar-refractivity contribution < 1.29 is 28.7 Å². The first-order valence-corrected chi connectivity index (χ1v) is 10.4. The molecule has 2 N–H and O–H groups in total. The van der Waals surface area contributed by atoms with Gasteiger partial charge in [0.05, 0.1) is 0 Å². The summed E-state index contributed by atoms with van der Waals surface area (Å²) in [6, 6.07) is 22.5. The Bertz CT molecular complexity index is 1050. The highest BCUT2D eigenvalue weighted by Gasteiger charge is 2.15. The molecule has 9 nitrogen and oxygen atoms in total. The monoisotopic (exact) mass is 461 g/mol. The van der Waals surface area contributed by atoms with Crippen molar-refractivity contribution in [2.75, 3.05) is 13.1 Å². The normalized spacial score (nSPS) is 10.1. The van der Waals surface area contributed by atoms with Crippen molar-refractivity contribution in [3.05, 3.63) is 101 Å². The Morgan fingerprint density at radius 1 is 0.588 bits per heavy atom. The molecule has 1 heterocycles. The van der Waals surface area contributed by atoms with E-state index < -0.39 is 23.8 Å². The summed E-state index contributed by atoms with van der Waals surface area (Å²) < 4.78 is 10.2. The lowest BCUT2D eigenvalue weighted by Crippen LogP contribution is -2.33. The highest BCUT2D eigenvalue weighted by atomic mass is 16.5. The van der Waals surface area contributed by atoms with Crippen molar-refractivity contribution in [1.29, 1.82) is 0 Å². The molecular weight excluding hydrogens is 438 g/mol. The number of hydrogen-bond donors (Lipinski definition) is 2.